The molecule has 0 bridgehead atoms. The SMILES string of the molecule is COc1ccc(C(NC(=N)N(C)C2CCCC2)c2ccc(OC)cc2)cc1. The topological polar surface area (TPSA) is 57.6 Å². The summed E-state index contributed by atoms with van der Waals surface area (Å²) < 4.78 is 10.6. The molecule has 1 saturated carbocycles. The molecule has 2 aromatic rings. The Kier molecular flexibility index (Phi) is 6.22. The van der Waals surface area contributed by atoms with Crippen molar-refractivity contribution in [3.8, 4) is 11.5 Å². The first-order valence-electron chi connectivity index (χ1n) is 9.48. The van der Waals surface area contributed by atoms with Crippen LogP contribution in [0.5, 0.6) is 11.5 Å². The molecular formula is C22H29N3O2. The van der Waals surface area contributed by atoms with Crippen molar-refractivity contribution in [1.29, 1.82) is 5.41 Å². The van der Waals surface area contributed by atoms with Crippen molar-refractivity contribution < 1.29 is 9.47 Å². The van der Waals surface area contributed by atoms with Gasteiger partial charge >= 0.3 is 0 Å². The van der Waals surface area contributed by atoms with Crippen LogP contribution in [0.2, 0.25) is 0 Å². The molecular weight excluding hydrogens is 338 g/mol. The van der Waals surface area contributed by atoms with Gasteiger partial charge in [0.1, 0.15) is 11.5 Å². The Morgan fingerprint density at radius 2 is 1.37 bits per heavy atom. The van der Waals surface area contributed by atoms with Crippen molar-refractivity contribution in [2.75, 3.05) is 21.3 Å². The molecule has 0 unspecified atom stereocenters. The van der Waals surface area contributed by atoms with E-state index in [1.54, 1.807) is 14.2 Å². The van der Waals surface area contributed by atoms with Gasteiger partial charge in [0.25, 0.3) is 0 Å². The van der Waals surface area contributed by atoms with Gasteiger partial charge in [-0.05, 0) is 48.2 Å². The van der Waals surface area contributed by atoms with Crippen LogP contribution in [0.4, 0.5) is 0 Å². The molecule has 1 fully saturated rings. The van der Waals surface area contributed by atoms with Gasteiger partial charge in [-0.2, -0.15) is 0 Å². The lowest BCUT2D eigenvalue weighted by Crippen LogP contribution is -2.44. The number of nitrogens with zero attached hydrogens (tertiary/aromatic N) is 1. The van der Waals surface area contributed by atoms with Crippen LogP contribution in [0.1, 0.15) is 42.9 Å². The van der Waals surface area contributed by atoms with E-state index in [-0.39, 0.29) is 6.04 Å². The Morgan fingerprint density at radius 1 is 0.926 bits per heavy atom. The number of benzene rings is 2. The second-order valence-electron chi connectivity index (χ2n) is 7.02. The Labute approximate surface area is 161 Å². The van der Waals surface area contributed by atoms with Gasteiger partial charge in [0.2, 0.25) is 0 Å². The van der Waals surface area contributed by atoms with Crippen molar-refractivity contribution in [2.45, 2.75) is 37.8 Å². The summed E-state index contributed by atoms with van der Waals surface area (Å²) in [5.74, 6) is 2.11. The molecule has 0 heterocycles. The van der Waals surface area contributed by atoms with Crippen LogP contribution >= 0.6 is 0 Å². The van der Waals surface area contributed by atoms with E-state index in [1.807, 2.05) is 55.6 Å². The van der Waals surface area contributed by atoms with Gasteiger partial charge in [-0.25, -0.2) is 0 Å². The van der Waals surface area contributed by atoms with Crippen molar-refractivity contribution in [1.82, 2.24) is 10.2 Å². The first-order valence-corrected chi connectivity index (χ1v) is 9.48. The maximum Gasteiger partial charge on any atom is 0.191 e. The summed E-state index contributed by atoms with van der Waals surface area (Å²) in [6.45, 7) is 0. The maximum atomic E-state index is 8.61. The highest BCUT2D eigenvalue weighted by Crippen LogP contribution is 2.27. The lowest BCUT2D eigenvalue weighted by molar-refractivity contribution is 0.354. The van der Waals surface area contributed by atoms with Gasteiger partial charge in [0.15, 0.2) is 5.96 Å². The zero-order valence-corrected chi connectivity index (χ0v) is 16.4. The van der Waals surface area contributed by atoms with E-state index >= 15 is 0 Å². The lowest BCUT2D eigenvalue weighted by Gasteiger charge is -2.30. The predicted molar refractivity (Wildman–Crippen MR) is 109 cm³/mol. The van der Waals surface area contributed by atoms with Crippen molar-refractivity contribution in [2.24, 2.45) is 0 Å². The van der Waals surface area contributed by atoms with E-state index in [2.05, 4.69) is 10.2 Å². The second kappa shape index (κ2) is 8.80. The standard InChI is InChI=1S/C22H29N3O2/c1-25(18-6-4-5-7-18)22(23)24-21(16-8-12-19(26-2)13-9-16)17-10-14-20(27-3)15-11-17/h8-15,18,21H,4-7H2,1-3H3,(H2,23,24). The summed E-state index contributed by atoms with van der Waals surface area (Å²) in [6.07, 6.45) is 4.83. The average molecular weight is 367 g/mol. The minimum absolute atomic E-state index is 0.113. The average Bonchev–Trinajstić information content (AvgIpc) is 3.26. The molecule has 2 aromatic carbocycles. The zero-order chi connectivity index (χ0) is 19.2. The fourth-order valence-electron chi connectivity index (χ4n) is 3.66. The summed E-state index contributed by atoms with van der Waals surface area (Å²) in [5.41, 5.74) is 2.18. The molecule has 0 saturated heterocycles. The van der Waals surface area contributed by atoms with Crippen LogP contribution in [-0.4, -0.2) is 38.2 Å². The Hall–Kier alpha value is -2.69. The molecule has 1 aliphatic carbocycles. The largest absolute Gasteiger partial charge is 0.497 e. The third kappa shape index (κ3) is 4.54. The molecule has 0 aromatic heterocycles. The molecule has 1 aliphatic rings. The third-order valence-electron chi connectivity index (χ3n) is 5.40. The van der Waals surface area contributed by atoms with Crippen LogP contribution < -0.4 is 14.8 Å². The number of nitrogens with one attached hydrogen (secondary N) is 2. The Balaban J connectivity index is 1.84. The van der Waals surface area contributed by atoms with Gasteiger partial charge in [-0.15, -0.1) is 0 Å². The van der Waals surface area contributed by atoms with Crippen LogP contribution in [-0.2, 0) is 0 Å². The summed E-state index contributed by atoms with van der Waals surface area (Å²) in [6, 6.07) is 16.3. The fourth-order valence-corrected chi connectivity index (χ4v) is 3.66. The molecule has 27 heavy (non-hydrogen) atoms. The number of hydrogen-bond acceptors (Lipinski definition) is 3. The maximum absolute atomic E-state index is 8.61. The molecule has 0 radical (unpaired) electrons. The van der Waals surface area contributed by atoms with Crippen molar-refractivity contribution in [3.05, 3.63) is 59.7 Å². The molecule has 5 heteroatoms. The van der Waals surface area contributed by atoms with Crippen LogP contribution in [0.15, 0.2) is 48.5 Å². The smallest absolute Gasteiger partial charge is 0.191 e. The highest BCUT2D eigenvalue weighted by molar-refractivity contribution is 5.78. The minimum atomic E-state index is -0.113. The minimum Gasteiger partial charge on any atom is -0.497 e. The van der Waals surface area contributed by atoms with E-state index in [0.29, 0.717) is 12.0 Å². The van der Waals surface area contributed by atoms with E-state index in [9.17, 15) is 0 Å². The number of ether oxygens (including phenoxy) is 2. The molecule has 5 nitrogen and oxygen atoms in total. The Morgan fingerprint density at radius 3 is 1.78 bits per heavy atom. The monoisotopic (exact) mass is 367 g/mol. The number of guanidine groups is 1. The first-order chi connectivity index (χ1) is 13.1. The highest BCUT2D eigenvalue weighted by atomic mass is 16.5. The van der Waals surface area contributed by atoms with Gasteiger partial charge in [0, 0.05) is 13.1 Å². The molecule has 2 N–H and O–H groups in total. The van der Waals surface area contributed by atoms with Gasteiger partial charge in [-0.3, -0.25) is 5.41 Å². The van der Waals surface area contributed by atoms with Gasteiger partial charge in [-0.1, -0.05) is 37.1 Å². The zero-order valence-electron chi connectivity index (χ0n) is 16.4. The fraction of sp³-hybridized carbons (Fsp3) is 0.409. The van der Waals surface area contributed by atoms with E-state index in [4.69, 9.17) is 14.9 Å². The van der Waals surface area contributed by atoms with Crippen LogP contribution in [0.3, 0.4) is 0 Å². The number of methoxy groups -OCH3 is 2. The van der Waals surface area contributed by atoms with Crippen molar-refractivity contribution in [3.63, 3.8) is 0 Å². The molecule has 0 aliphatic heterocycles. The summed E-state index contributed by atoms with van der Waals surface area (Å²) in [5, 5.41) is 12.0. The first kappa shape index (κ1) is 19.1. The normalized spacial score (nSPS) is 14.2. The molecule has 3 rings (SSSR count). The van der Waals surface area contributed by atoms with Gasteiger partial charge in [0.05, 0.1) is 20.3 Å². The van der Waals surface area contributed by atoms with Crippen LogP contribution in [0.25, 0.3) is 0 Å². The molecule has 0 atom stereocenters. The highest BCUT2D eigenvalue weighted by Gasteiger charge is 2.24. The quantitative estimate of drug-likeness (QED) is 0.594. The summed E-state index contributed by atoms with van der Waals surface area (Å²) in [7, 11) is 5.35. The summed E-state index contributed by atoms with van der Waals surface area (Å²) in [4.78, 5) is 2.08. The molecule has 0 amide bonds. The van der Waals surface area contributed by atoms with Gasteiger partial charge < -0.3 is 19.7 Å². The summed E-state index contributed by atoms with van der Waals surface area (Å²) >= 11 is 0. The van der Waals surface area contributed by atoms with E-state index in [0.717, 1.165) is 35.5 Å². The van der Waals surface area contributed by atoms with E-state index < -0.39 is 0 Å². The van der Waals surface area contributed by atoms with E-state index in [1.165, 1.54) is 12.8 Å². The number of rotatable bonds is 6. The molecule has 0 spiro atoms. The lowest BCUT2D eigenvalue weighted by atomic mass is 9.98. The van der Waals surface area contributed by atoms with Crippen molar-refractivity contribution >= 4 is 5.96 Å². The Bertz CT molecular complexity index is 690. The second-order valence-corrected chi connectivity index (χ2v) is 7.02. The number of hydrogen-bond donors (Lipinski definition) is 2. The molecule has 144 valence electrons. The third-order valence-corrected chi connectivity index (χ3v) is 5.40. The van der Waals surface area contributed by atoms with Crippen LogP contribution in [0, 0.1) is 5.41 Å². The predicted octanol–water partition coefficient (Wildman–Crippen LogP) is 4.19.